The predicted molar refractivity (Wildman–Crippen MR) is 92.0 cm³/mol. The summed E-state index contributed by atoms with van der Waals surface area (Å²) in [5, 5.41) is 12.5. The van der Waals surface area contributed by atoms with Crippen LogP contribution in [0.25, 0.3) is 0 Å². The first-order valence-electron chi connectivity index (χ1n) is 8.09. The van der Waals surface area contributed by atoms with Gasteiger partial charge in [0, 0.05) is 24.3 Å². The van der Waals surface area contributed by atoms with Crippen molar-refractivity contribution in [3.05, 3.63) is 29.3 Å². The maximum atomic E-state index is 12.5. The van der Waals surface area contributed by atoms with Gasteiger partial charge < -0.3 is 14.7 Å². The molecular formula is C18H26N2O4. The molecule has 0 spiro atoms. The Bertz CT molecular complexity index is 641. The first kappa shape index (κ1) is 18.3. The molecule has 0 radical (unpaired) electrons. The van der Waals surface area contributed by atoms with Gasteiger partial charge in [-0.15, -0.1) is 0 Å². The summed E-state index contributed by atoms with van der Waals surface area (Å²) in [5.41, 5.74) is 0.647. The number of hydrogen-bond donors (Lipinski definition) is 2. The average molecular weight is 334 g/mol. The lowest BCUT2D eigenvalue weighted by molar-refractivity contribution is 0.0515. The topological polar surface area (TPSA) is 78.9 Å². The molecule has 132 valence electrons. The Morgan fingerprint density at radius 3 is 2.54 bits per heavy atom. The summed E-state index contributed by atoms with van der Waals surface area (Å²) in [6.45, 7) is 9.84. The lowest BCUT2D eigenvalue weighted by Crippen LogP contribution is -2.31. The van der Waals surface area contributed by atoms with E-state index in [1.807, 2.05) is 6.07 Å². The van der Waals surface area contributed by atoms with Gasteiger partial charge in [-0.3, -0.25) is 10.1 Å². The second-order valence-corrected chi connectivity index (χ2v) is 7.79. The van der Waals surface area contributed by atoms with E-state index in [0.717, 1.165) is 5.56 Å². The number of anilines is 1. The summed E-state index contributed by atoms with van der Waals surface area (Å²) >= 11 is 0. The molecule has 0 unspecified atom stereocenters. The van der Waals surface area contributed by atoms with Crippen molar-refractivity contribution in [2.45, 2.75) is 58.8 Å². The van der Waals surface area contributed by atoms with Crippen LogP contribution in [0.15, 0.2) is 18.2 Å². The molecule has 1 heterocycles. The van der Waals surface area contributed by atoms with Crippen LogP contribution in [0, 0.1) is 0 Å². The highest BCUT2D eigenvalue weighted by atomic mass is 16.6. The molecular weight excluding hydrogens is 308 g/mol. The van der Waals surface area contributed by atoms with E-state index in [2.05, 4.69) is 5.32 Å². The van der Waals surface area contributed by atoms with Crippen molar-refractivity contribution < 1.29 is 19.4 Å². The van der Waals surface area contributed by atoms with Crippen molar-refractivity contribution in [1.29, 1.82) is 0 Å². The zero-order chi connectivity index (χ0) is 18.1. The Hall–Kier alpha value is -2.08. The summed E-state index contributed by atoms with van der Waals surface area (Å²) < 4.78 is 5.21. The molecule has 0 aliphatic carbocycles. The van der Waals surface area contributed by atoms with Crippen LogP contribution in [0.3, 0.4) is 0 Å². The fourth-order valence-electron chi connectivity index (χ4n) is 2.45. The molecule has 1 aliphatic rings. The molecule has 0 atom stereocenters. The molecule has 0 saturated heterocycles. The van der Waals surface area contributed by atoms with Gasteiger partial charge in [-0.1, -0.05) is 6.07 Å². The minimum Gasteiger partial charge on any atom is -0.444 e. The number of rotatable bonds is 4. The highest BCUT2D eigenvalue weighted by molar-refractivity contribution is 6.00. The van der Waals surface area contributed by atoms with E-state index in [0.29, 0.717) is 30.8 Å². The Balaban J connectivity index is 2.04. The standard InChI is InChI=1S/C18H26N2O4/c1-17(2,3)24-16(22)19-13-7-6-12-11-20(9-8-18(4,5)23)15(21)14(12)10-13/h6-7,10,23H,8-9,11H2,1-5H3,(H,19,22). The first-order valence-corrected chi connectivity index (χ1v) is 8.09. The van der Waals surface area contributed by atoms with Crippen molar-refractivity contribution in [2.24, 2.45) is 0 Å². The summed E-state index contributed by atoms with van der Waals surface area (Å²) in [4.78, 5) is 26.0. The molecule has 0 saturated carbocycles. The normalized spacial score (nSPS) is 14.6. The van der Waals surface area contributed by atoms with Crippen molar-refractivity contribution in [1.82, 2.24) is 4.90 Å². The Morgan fingerprint density at radius 1 is 1.29 bits per heavy atom. The lowest BCUT2D eigenvalue weighted by atomic mass is 10.1. The summed E-state index contributed by atoms with van der Waals surface area (Å²) in [6.07, 6.45) is -0.0396. The second-order valence-electron chi connectivity index (χ2n) is 7.79. The maximum Gasteiger partial charge on any atom is 0.412 e. The molecule has 6 heteroatoms. The molecule has 2 rings (SSSR count). The van der Waals surface area contributed by atoms with Gasteiger partial charge in [0.1, 0.15) is 5.60 Å². The number of nitrogens with zero attached hydrogens (tertiary/aromatic N) is 1. The largest absolute Gasteiger partial charge is 0.444 e. The molecule has 0 fully saturated rings. The number of aliphatic hydroxyl groups is 1. The predicted octanol–water partition coefficient (Wildman–Crippen LogP) is 3.15. The fourth-order valence-corrected chi connectivity index (χ4v) is 2.45. The van der Waals surface area contributed by atoms with E-state index in [-0.39, 0.29) is 5.91 Å². The molecule has 0 aromatic heterocycles. The Kier molecular flexibility index (Phi) is 4.90. The lowest BCUT2D eigenvalue weighted by Gasteiger charge is -2.22. The van der Waals surface area contributed by atoms with Gasteiger partial charge >= 0.3 is 6.09 Å². The van der Waals surface area contributed by atoms with Gasteiger partial charge in [0.15, 0.2) is 0 Å². The van der Waals surface area contributed by atoms with Crippen LogP contribution in [0.5, 0.6) is 0 Å². The molecule has 1 aromatic carbocycles. The zero-order valence-electron chi connectivity index (χ0n) is 15.0. The Labute approximate surface area is 142 Å². The Morgan fingerprint density at radius 2 is 1.96 bits per heavy atom. The van der Waals surface area contributed by atoms with E-state index in [1.54, 1.807) is 51.7 Å². The van der Waals surface area contributed by atoms with E-state index in [1.165, 1.54) is 0 Å². The number of carbonyl (C=O) groups is 2. The van der Waals surface area contributed by atoms with E-state index in [4.69, 9.17) is 4.74 Å². The van der Waals surface area contributed by atoms with Crippen molar-refractivity contribution in [3.63, 3.8) is 0 Å². The fraction of sp³-hybridized carbons (Fsp3) is 0.556. The monoisotopic (exact) mass is 334 g/mol. The maximum absolute atomic E-state index is 12.5. The van der Waals surface area contributed by atoms with Crippen molar-refractivity contribution >= 4 is 17.7 Å². The number of amides is 2. The van der Waals surface area contributed by atoms with Gasteiger partial charge in [-0.25, -0.2) is 4.79 Å². The molecule has 1 aromatic rings. The molecule has 1 aliphatic heterocycles. The van der Waals surface area contributed by atoms with Crippen molar-refractivity contribution in [3.8, 4) is 0 Å². The van der Waals surface area contributed by atoms with Crippen LogP contribution in [0.2, 0.25) is 0 Å². The number of carbonyl (C=O) groups excluding carboxylic acids is 2. The number of hydrogen-bond acceptors (Lipinski definition) is 4. The van der Waals surface area contributed by atoms with E-state index < -0.39 is 17.3 Å². The molecule has 0 bridgehead atoms. The van der Waals surface area contributed by atoms with Crippen LogP contribution in [0.1, 0.15) is 57.0 Å². The average Bonchev–Trinajstić information content (AvgIpc) is 2.70. The SMILES string of the molecule is CC(C)(O)CCN1Cc2ccc(NC(=O)OC(C)(C)C)cc2C1=O. The van der Waals surface area contributed by atoms with Gasteiger partial charge in [0.05, 0.1) is 5.60 Å². The van der Waals surface area contributed by atoms with Crippen LogP contribution in [-0.2, 0) is 11.3 Å². The number of benzene rings is 1. The highest BCUT2D eigenvalue weighted by Crippen LogP contribution is 2.27. The highest BCUT2D eigenvalue weighted by Gasteiger charge is 2.29. The quantitative estimate of drug-likeness (QED) is 0.886. The van der Waals surface area contributed by atoms with Crippen molar-refractivity contribution in [2.75, 3.05) is 11.9 Å². The van der Waals surface area contributed by atoms with E-state index >= 15 is 0 Å². The van der Waals surface area contributed by atoms with Crippen LogP contribution < -0.4 is 5.32 Å². The molecule has 2 amide bonds. The smallest absolute Gasteiger partial charge is 0.412 e. The summed E-state index contributed by atoms with van der Waals surface area (Å²) in [6, 6.07) is 5.27. The van der Waals surface area contributed by atoms with Gasteiger partial charge in [-0.2, -0.15) is 0 Å². The third-order valence-electron chi connectivity index (χ3n) is 3.63. The zero-order valence-corrected chi connectivity index (χ0v) is 15.0. The number of nitrogens with one attached hydrogen (secondary N) is 1. The van der Waals surface area contributed by atoms with Gasteiger partial charge in [0.2, 0.25) is 0 Å². The van der Waals surface area contributed by atoms with Crippen LogP contribution in [-0.4, -0.2) is 39.8 Å². The summed E-state index contributed by atoms with van der Waals surface area (Å²) in [5.74, 6) is -0.0814. The summed E-state index contributed by atoms with van der Waals surface area (Å²) in [7, 11) is 0. The minimum atomic E-state index is -0.807. The number of fused-ring (bicyclic) bond motifs is 1. The third-order valence-corrected chi connectivity index (χ3v) is 3.63. The van der Waals surface area contributed by atoms with Crippen LogP contribution >= 0.6 is 0 Å². The van der Waals surface area contributed by atoms with Crippen LogP contribution in [0.4, 0.5) is 10.5 Å². The molecule has 24 heavy (non-hydrogen) atoms. The first-order chi connectivity index (χ1) is 10.9. The van der Waals surface area contributed by atoms with Gasteiger partial charge in [-0.05, 0) is 58.7 Å². The molecule has 2 N–H and O–H groups in total. The second kappa shape index (κ2) is 6.43. The third kappa shape index (κ3) is 4.96. The molecule has 6 nitrogen and oxygen atoms in total. The number of ether oxygens (including phenoxy) is 1. The van der Waals surface area contributed by atoms with Gasteiger partial charge in [0.25, 0.3) is 5.91 Å². The van der Waals surface area contributed by atoms with E-state index in [9.17, 15) is 14.7 Å². The minimum absolute atomic E-state index is 0.0814.